The van der Waals surface area contributed by atoms with E-state index in [-0.39, 0.29) is 24.7 Å². The zero-order chi connectivity index (χ0) is 14.7. The minimum Gasteiger partial charge on any atom is -0.497 e. The number of hydrogen-bond donors (Lipinski definition) is 3. The van der Waals surface area contributed by atoms with Crippen LogP contribution in [-0.2, 0) is 4.74 Å². The molecule has 1 saturated heterocycles. The summed E-state index contributed by atoms with van der Waals surface area (Å²) in [7, 11) is 1.60. The molecule has 2 rings (SSSR count). The lowest BCUT2D eigenvalue weighted by atomic mass is 10.1. The van der Waals surface area contributed by atoms with Gasteiger partial charge in [-0.25, -0.2) is 0 Å². The van der Waals surface area contributed by atoms with Crippen molar-refractivity contribution in [3.8, 4) is 5.75 Å². The van der Waals surface area contributed by atoms with Crippen molar-refractivity contribution < 1.29 is 14.6 Å². The molecule has 1 aromatic carbocycles. The second-order valence-corrected chi connectivity index (χ2v) is 4.95. The first kappa shape index (κ1) is 14.6. The minimum absolute atomic E-state index is 0.00640. The quantitative estimate of drug-likeness (QED) is 0.553. The van der Waals surface area contributed by atoms with Crippen LogP contribution in [0.2, 0.25) is 0 Å². The number of rotatable bonds is 4. The van der Waals surface area contributed by atoms with Crippen LogP contribution in [-0.4, -0.2) is 50.0 Å². The van der Waals surface area contributed by atoms with Gasteiger partial charge in [0.1, 0.15) is 11.6 Å². The Bertz CT molecular complexity index is 493. The first-order chi connectivity index (χ1) is 9.55. The smallest absolute Gasteiger partial charge is 0.124 e. The maximum Gasteiger partial charge on any atom is 0.124 e. The van der Waals surface area contributed by atoms with Crippen molar-refractivity contribution in [2.45, 2.75) is 19.1 Å². The first-order valence-electron chi connectivity index (χ1n) is 6.58. The van der Waals surface area contributed by atoms with E-state index in [1.54, 1.807) is 19.2 Å². The van der Waals surface area contributed by atoms with Crippen molar-refractivity contribution in [2.24, 2.45) is 5.73 Å². The van der Waals surface area contributed by atoms with Crippen LogP contribution in [0.5, 0.6) is 5.75 Å². The van der Waals surface area contributed by atoms with Gasteiger partial charge in [-0.05, 0) is 19.1 Å². The fourth-order valence-electron chi connectivity index (χ4n) is 2.47. The summed E-state index contributed by atoms with van der Waals surface area (Å²) in [5.74, 6) is 0.729. The third-order valence-corrected chi connectivity index (χ3v) is 3.37. The summed E-state index contributed by atoms with van der Waals surface area (Å²) >= 11 is 0. The predicted molar refractivity (Wildman–Crippen MR) is 77.6 cm³/mol. The van der Waals surface area contributed by atoms with E-state index in [0.717, 1.165) is 5.69 Å². The summed E-state index contributed by atoms with van der Waals surface area (Å²) in [6.45, 7) is 3.18. The second-order valence-electron chi connectivity index (χ2n) is 4.95. The molecule has 0 spiro atoms. The lowest BCUT2D eigenvalue weighted by molar-refractivity contribution is -0.0421. The van der Waals surface area contributed by atoms with Crippen LogP contribution in [0.1, 0.15) is 12.5 Å². The summed E-state index contributed by atoms with van der Waals surface area (Å²) < 4.78 is 10.9. The second kappa shape index (κ2) is 6.11. The molecule has 2 unspecified atom stereocenters. The molecule has 1 fully saturated rings. The predicted octanol–water partition coefficient (Wildman–Crippen LogP) is 0.565. The number of nitrogens with zero attached hydrogens (tertiary/aromatic N) is 1. The summed E-state index contributed by atoms with van der Waals surface area (Å²) in [6.07, 6.45) is -0.225. The molecular weight excluding hydrogens is 258 g/mol. The maximum atomic E-state index is 9.31. The molecule has 1 heterocycles. The Hall–Kier alpha value is -1.79. The summed E-state index contributed by atoms with van der Waals surface area (Å²) in [5.41, 5.74) is 7.15. The highest BCUT2D eigenvalue weighted by Gasteiger charge is 2.26. The van der Waals surface area contributed by atoms with Crippen LogP contribution >= 0.6 is 0 Å². The molecule has 110 valence electrons. The molecule has 0 radical (unpaired) electrons. The van der Waals surface area contributed by atoms with E-state index >= 15 is 0 Å². The van der Waals surface area contributed by atoms with Crippen LogP contribution in [0.25, 0.3) is 0 Å². The van der Waals surface area contributed by atoms with Gasteiger partial charge in [0.25, 0.3) is 0 Å². The van der Waals surface area contributed by atoms with Crippen molar-refractivity contribution in [2.75, 3.05) is 31.7 Å². The maximum absolute atomic E-state index is 9.31. The van der Waals surface area contributed by atoms with Crippen LogP contribution in [0, 0.1) is 5.41 Å². The van der Waals surface area contributed by atoms with Crippen molar-refractivity contribution >= 4 is 11.5 Å². The number of anilines is 1. The monoisotopic (exact) mass is 279 g/mol. The molecule has 0 saturated carbocycles. The van der Waals surface area contributed by atoms with Gasteiger partial charge in [0.2, 0.25) is 0 Å². The Morgan fingerprint density at radius 1 is 1.55 bits per heavy atom. The molecule has 6 heteroatoms. The Labute approximate surface area is 118 Å². The number of nitrogen functional groups attached to an aromatic ring is 1. The number of nitrogens with two attached hydrogens (primary N) is 1. The molecule has 0 aliphatic carbocycles. The number of morpholine rings is 1. The summed E-state index contributed by atoms with van der Waals surface area (Å²) in [5, 5.41) is 17.0. The molecule has 1 aliphatic rings. The Morgan fingerprint density at radius 2 is 2.30 bits per heavy atom. The highest BCUT2D eigenvalue weighted by atomic mass is 16.5. The number of aliphatic hydroxyl groups excluding tert-OH is 1. The summed E-state index contributed by atoms with van der Waals surface area (Å²) in [6, 6.07) is 5.43. The average molecular weight is 279 g/mol. The van der Waals surface area contributed by atoms with E-state index < -0.39 is 0 Å². The number of aliphatic hydroxyl groups is 1. The number of amidine groups is 1. The number of methoxy groups -OCH3 is 1. The Balaban J connectivity index is 2.36. The Morgan fingerprint density at radius 3 is 2.90 bits per heavy atom. The van der Waals surface area contributed by atoms with Gasteiger partial charge in [0.15, 0.2) is 0 Å². The standard InChI is InChI=1S/C14H21N3O3/c1-9-6-17(7-11(8-18)20-9)13-5-10(19-2)3-4-12(13)14(15)16/h3-5,9,11,18H,6-8H2,1-2H3,(H3,15,16). The lowest BCUT2D eigenvalue weighted by Gasteiger charge is -2.38. The van der Waals surface area contributed by atoms with E-state index in [9.17, 15) is 5.11 Å². The van der Waals surface area contributed by atoms with Gasteiger partial charge in [-0.3, -0.25) is 5.41 Å². The number of hydrogen-bond acceptors (Lipinski definition) is 5. The van der Waals surface area contributed by atoms with Gasteiger partial charge in [0.05, 0.1) is 31.6 Å². The topological polar surface area (TPSA) is 91.8 Å². The van der Waals surface area contributed by atoms with Crippen LogP contribution in [0.4, 0.5) is 5.69 Å². The van der Waals surface area contributed by atoms with E-state index in [1.807, 2.05) is 13.0 Å². The molecule has 0 aromatic heterocycles. The first-order valence-corrected chi connectivity index (χ1v) is 6.58. The van der Waals surface area contributed by atoms with Gasteiger partial charge in [-0.15, -0.1) is 0 Å². The van der Waals surface area contributed by atoms with Crippen molar-refractivity contribution in [1.82, 2.24) is 0 Å². The molecule has 4 N–H and O–H groups in total. The molecule has 6 nitrogen and oxygen atoms in total. The van der Waals surface area contributed by atoms with E-state index in [0.29, 0.717) is 24.4 Å². The average Bonchev–Trinajstić information content (AvgIpc) is 2.45. The number of ether oxygens (including phenoxy) is 2. The van der Waals surface area contributed by atoms with Crippen molar-refractivity contribution in [1.29, 1.82) is 5.41 Å². The fourth-order valence-corrected chi connectivity index (χ4v) is 2.47. The minimum atomic E-state index is -0.232. The van der Waals surface area contributed by atoms with Gasteiger partial charge in [-0.1, -0.05) is 0 Å². The van der Waals surface area contributed by atoms with Crippen LogP contribution in [0.15, 0.2) is 18.2 Å². The molecule has 2 atom stereocenters. The van der Waals surface area contributed by atoms with Gasteiger partial charge < -0.3 is 25.2 Å². The van der Waals surface area contributed by atoms with Gasteiger partial charge in [0, 0.05) is 24.7 Å². The van der Waals surface area contributed by atoms with E-state index in [4.69, 9.17) is 20.6 Å². The lowest BCUT2D eigenvalue weighted by Crippen LogP contribution is -2.48. The Kier molecular flexibility index (Phi) is 4.46. The highest BCUT2D eigenvalue weighted by molar-refractivity contribution is 6.00. The zero-order valence-corrected chi connectivity index (χ0v) is 11.8. The summed E-state index contributed by atoms with van der Waals surface area (Å²) in [4.78, 5) is 2.08. The van der Waals surface area contributed by atoms with Gasteiger partial charge in [-0.2, -0.15) is 0 Å². The largest absolute Gasteiger partial charge is 0.497 e. The van der Waals surface area contributed by atoms with Crippen LogP contribution in [0.3, 0.4) is 0 Å². The van der Waals surface area contributed by atoms with E-state index in [1.165, 1.54) is 0 Å². The van der Waals surface area contributed by atoms with Crippen molar-refractivity contribution in [3.05, 3.63) is 23.8 Å². The zero-order valence-electron chi connectivity index (χ0n) is 11.8. The SMILES string of the molecule is COc1ccc(C(=N)N)c(N2CC(C)OC(CO)C2)c1. The molecule has 0 bridgehead atoms. The molecule has 20 heavy (non-hydrogen) atoms. The normalized spacial score (nSPS) is 22.6. The highest BCUT2D eigenvalue weighted by Crippen LogP contribution is 2.28. The third kappa shape index (κ3) is 3.02. The van der Waals surface area contributed by atoms with E-state index in [2.05, 4.69) is 4.90 Å². The number of nitrogens with one attached hydrogen (secondary N) is 1. The van der Waals surface area contributed by atoms with Gasteiger partial charge >= 0.3 is 0 Å². The van der Waals surface area contributed by atoms with Crippen LogP contribution < -0.4 is 15.4 Å². The molecule has 1 aliphatic heterocycles. The fraction of sp³-hybridized carbons (Fsp3) is 0.500. The molecule has 0 amide bonds. The van der Waals surface area contributed by atoms with Crippen molar-refractivity contribution in [3.63, 3.8) is 0 Å². The third-order valence-electron chi connectivity index (χ3n) is 3.37. The molecular formula is C14H21N3O3. The molecule has 1 aromatic rings. The number of benzene rings is 1.